The number of hydrogen-bond acceptors (Lipinski definition) is 1. The Hall–Kier alpha value is -0.390. The van der Waals surface area contributed by atoms with E-state index in [1.54, 1.807) is 0 Å². The first-order valence-corrected chi connectivity index (χ1v) is 6.25. The summed E-state index contributed by atoms with van der Waals surface area (Å²) in [5.74, 6) is 7.18. The van der Waals surface area contributed by atoms with E-state index >= 15 is 0 Å². The highest BCUT2D eigenvalue weighted by molar-refractivity contribution is 9.09. The first-order chi connectivity index (χ1) is 6.36. The number of rotatable bonds is 2. The second-order valence-corrected chi connectivity index (χ2v) is 4.29. The van der Waals surface area contributed by atoms with Gasteiger partial charge in [0.1, 0.15) is 0 Å². The summed E-state index contributed by atoms with van der Waals surface area (Å²) in [5.41, 5.74) is 1.10. The van der Waals surface area contributed by atoms with E-state index in [1.807, 2.05) is 17.8 Å². The van der Waals surface area contributed by atoms with Gasteiger partial charge in [0.2, 0.25) is 0 Å². The molecule has 0 aromatic heterocycles. The van der Waals surface area contributed by atoms with Crippen molar-refractivity contribution in [2.45, 2.75) is 11.8 Å². The highest BCUT2D eigenvalue weighted by Gasteiger charge is 1.91. The monoisotopic (exact) mass is 254 g/mol. The first kappa shape index (κ1) is 10.7. The van der Waals surface area contributed by atoms with Gasteiger partial charge in [-0.15, -0.1) is 11.8 Å². The van der Waals surface area contributed by atoms with Crippen LogP contribution in [0.25, 0.3) is 0 Å². The van der Waals surface area contributed by atoms with Crippen molar-refractivity contribution in [2.75, 3.05) is 11.1 Å². The highest BCUT2D eigenvalue weighted by atomic mass is 79.9. The Morgan fingerprint density at radius 2 is 2.31 bits per heavy atom. The van der Waals surface area contributed by atoms with E-state index in [1.165, 1.54) is 4.90 Å². The summed E-state index contributed by atoms with van der Waals surface area (Å²) in [6.07, 6.45) is 0. The lowest BCUT2D eigenvalue weighted by Gasteiger charge is -1.97. The van der Waals surface area contributed by atoms with Crippen molar-refractivity contribution >= 4 is 27.7 Å². The van der Waals surface area contributed by atoms with Gasteiger partial charge in [0.15, 0.2) is 0 Å². The smallest absolute Gasteiger partial charge is 0.0649 e. The largest absolute Gasteiger partial charge is 0.126 e. The van der Waals surface area contributed by atoms with E-state index in [2.05, 4.69) is 52.9 Å². The maximum atomic E-state index is 3.28. The predicted molar refractivity (Wildman–Crippen MR) is 63.5 cm³/mol. The Balaban J connectivity index is 2.79. The molecule has 13 heavy (non-hydrogen) atoms. The van der Waals surface area contributed by atoms with Gasteiger partial charge in [-0.3, -0.25) is 0 Å². The zero-order valence-electron chi connectivity index (χ0n) is 7.51. The van der Waals surface area contributed by atoms with Crippen LogP contribution in [0, 0.1) is 11.8 Å². The molecule has 0 aliphatic carbocycles. The van der Waals surface area contributed by atoms with Crippen LogP contribution in [0.1, 0.15) is 12.5 Å². The molecule has 0 aliphatic rings. The van der Waals surface area contributed by atoms with Crippen LogP contribution in [0.15, 0.2) is 29.2 Å². The maximum absolute atomic E-state index is 3.28. The van der Waals surface area contributed by atoms with Gasteiger partial charge in [0, 0.05) is 10.5 Å². The number of halogens is 1. The summed E-state index contributed by atoms with van der Waals surface area (Å²) in [7, 11) is 0. The van der Waals surface area contributed by atoms with Gasteiger partial charge in [-0.2, -0.15) is 0 Å². The molecule has 68 valence electrons. The van der Waals surface area contributed by atoms with Crippen molar-refractivity contribution in [2.24, 2.45) is 0 Å². The number of hydrogen-bond donors (Lipinski definition) is 0. The molecule has 0 bridgehead atoms. The SMILES string of the molecule is CCSc1cccc(C#CCBr)c1. The second-order valence-electron chi connectivity index (χ2n) is 2.40. The van der Waals surface area contributed by atoms with Gasteiger partial charge in [-0.05, 0) is 24.0 Å². The van der Waals surface area contributed by atoms with Crippen LogP contribution in [0.4, 0.5) is 0 Å². The molecule has 0 fully saturated rings. The van der Waals surface area contributed by atoms with Gasteiger partial charge in [0.05, 0.1) is 5.33 Å². The van der Waals surface area contributed by atoms with Crippen LogP contribution in [0.5, 0.6) is 0 Å². The topological polar surface area (TPSA) is 0 Å². The van der Waals surface area contributed by atoms with Crippen LogP contribution in [0.3, 0.4) is 0 Å². The lowest BCUT2D eigenvalue weighted by atomic mass is 10.2. The molecule has 1 aromatic rings. The summed E-state index contributed by atoms with van der Waals surface area (Å²) in [6, 6.07) is 8.34. The van der Waals surface area contributed by atoms with Crippen LogP contribution >= 0.6 is 27.7 Å². The number of benzene rings is 1. The van der Waals surface area contributed by atoms with Crippen molar-refractivity contribution in [3.05, 3.63) is 29.8 Å². The van der Waals surface area contributed by atoms with Crippen molar-refractivity contribution in [1.29, 1.82) is 0 Å². The van der Waals surface area contributed by atoms with Gasteiger partial charge >= 0.3 is 0 Å². The fraction of sp³-hybridized carbons (Fsp3) is 0.273. The minimum Gasteiger partial charge on any atom is -0.126 e. The average Bonchev–Trinajstić information content (AvgIpc) is 2.16. The molecule has 0 amide bonds. The molecule has 1 aromatic carbocycles. The second kappa shape index (κ2) is 6.12. The van der Waals surface area contributed by atoms with E-state index in [0.29, 0.717) is 0 Å². The normalized spacial score (nSPS) is 9.08. The maximum Gasteiger partial charge on any atom is 0.0649 e. The molecule has 0 unspecified atom stereocenters. The van der Waals surface area contributed by atoms with Crippen LogP contribution in [-0.4, -0.2) is 11.1 Å². The summed E-state index contributed by atoms with van der Waals surface area (Å²) in [6.45, 7) is 2.15. The summed E-state index contributed by atoms with van der Waals surface area (Å²) in [4.78, 5) is 1.30. The van der Waals surface area contributed by atoms with Gasteiger partial charge < -0.3 is 0 Å². The van der Waals surface area contributed by atoms with E-state index in [0.717, 1.165) is 16.6 Å². The molecular formula is C11H11BrS. The Labute approximate surface area is 92.2 Å². The van der Waals surface area contributed by atoms with Crippen molar-refractivity contribution in [1.82, 2.24) is 0 Å². The third kappa shape index (κ3) is 3.89. The lowest BCUT2D eigenvalue weighted by molar-refractivity contribution is 1.41. The first-order valence-electron chi connectivity index (χ1n) is 4.14. The molecule has 0 N–H and O–H groups in total. The van der Waals surface area contributed by atoms with E-state index in [-0.39, 0.29) is 0 Å². The molecule has 1 rings (SSSR count). The van der Waals surface area contributed by atoms with Crippen LogP contribution < -0.4 is 0 Å². The Bertz CT molecular complexity index is 322. The van der Waals surface area contributed by atoms with Crippen molar-refractivity contribution < 1.29 is 0 Å². The molecule has 0 radical (unpaired) electrons. The Kier molecular flexibility index (Phi) is 5.03. The molecule has 0 aliphatic heterocycles. The van der Waals surface area contributed by atoms with E-state index < -0.39 is 0 Å². The standard InChI is InChI=1S/C11H11BrS/c1-2-13-11-7-3-5-10(9-11)6-4-8-12/h3,5,7,9H,2,8H2,1H3. The molecular weight excluding hydrogens is 244 g/mol. The molecule has 0 saturated heterocycles. The summed E-state index contributed by atoms with van der Waals surface area (Å²) < 4.78 is 0. The number of alkyl halides is 1. The average molecular weight is 255 g/mol. The van der Waals surface area contributed by atoms with Crippen molar-refractivity contribution in [3.8, 4) is 11.8 Å². The minimum atomic E-state index is 0.734. The predicted octanol–water partition coefficient (Wildman–Crippen LogP) is 3.55. The fourth-order valence-electron chi connectivity index (χ4n) is 0.966. The molecule has 0 nitrogen and oxygen atoms in total. The third-order valence-electron chi connectivity index (χ3n) is 1.44. The summed E-state index contributed by atoms with van der Waals surface area (Å²) >= 11 is 5.12. The van der Waals surface area contributed by atoms with Gasteiger partial charge in [-0.25, -0.2) is 0 Å². The van der Waals surface area contributed by atoms with Gasteiger partial charge in [0.25, 0.3) is 0 Å². The van der Waals surface area contributed by atoms with Crippen LogP contribution in [0.2, 0.25) is 0 Å². The van der Waals surface area contributed by atoms with Gasteiger partial charge in [-0.1, -0.05) is 40.8 Å². The zero-order valence-corrected chi connectivity index (χ0v) is 9.91. The van der Waals surface area contributed by atoms with Crippen molar-refractivity contribution in [3.63, 3.8) is 0 Å². The molecule has 0 heterocycles. The fourth-order valence-corrected chi connectivity index (χ4v) is 1.82. The van der Waals surface area contributed by atoms with E-state index in [9.17, 15) is 0 Å². The molecule has 0 atom stereocenters. The molecule has 0 saturated carbocycles. The van der Waals surface area contributed by atoms with E-state index in [4.69, 9.17) is 0 Å². The van der Waals surface area contributed by atoms with Crippen LogP contribution in [-0.2, 0) is 0 Å². The Morgan fingerprint density at radius 3 is 3.00 bits per heavy atom. The lowest BCUT2D eigenvalue weighted by Crippen LogP contribution is -1.77. The Morgan fingerprint density at radius 1 is 1.46 bits per heavy atom. The summed E-state index contributed by atoms with van der Waals surface area (Å²) in [5, 5.41) is 0.734. The zero-order chi connectivity index (χ0) is 9.52. The number of thioether (sulfide) groups is 1. The molecule has 2 heteroatoms. The third-order valence-corrected chi connectivity index (χ3v) is 2.60. The minimum absolute atomic E-state index is 0.734. The molecule has 0 spiro atoms. The quantitative estimate of drug-likeness (QED) is 0.442. The highest BCUT2D eigenvalue weighted by Crippen LogP contribution is 2.17.